The van der Waals surface area contributed by atoms with E-state index in [4.69, 9.17) is 15.9 Å². The molecule has 0 aliphatic carbocycles. The molecule has 0 spiro atoms. The second-order valence-corrected chi connectivity index (χ2v) is 5.32. The number of terminal acetylenes is 1. The third-order valence-corrected chi connectivity index (χ3v) is 3.20. The lowest BCUT2D eigenvalue weighted by Gasteiger charge is -2.16. The van der Waals surface area contributed by atoms with Gasteiger partial charge in [-0.2, -0.15) is 0 Å². The Bertz CT molecular complexity index is 252. The molecule has 1 heterocycles. The summed E-state index contributed by atoms with van der Waals surface area (Å²) in [7, 11) is 0. The maximum absolute atomic E-state index is 5.90. The van der Waals surface area contributed by atoms with Crippen LogP contribution in [-0.2, 0) is 9.47 Å². The summed E-state index contributed by atoms with van der Waals surface area (Å²) in [5.74, 6) is 2.22. The number of rotatable bonds is 7. The molecular weight excluding hydrogens is 212 g/mol. The fourth-order valence-corrected chi connectivity index (χ4v) is 2.39. The van der Waals surface area contributed by atoms with Crippen molar-refractivity contribution in [2.45, 2.75) is 83.7 Å². The highest BCUT2D eigenvalue weighted by molar-refractivity contribution is 4.93. The summed E-state index contributed by atoms with van der Waals surface area (Å²) < 4.78 is 11.7. The van der Waals surface area contributed by atoms with E-state index in [-0.39, 0.29) is 12.2 Å². The predicted octanol–water partition coefficient (Wildman–Crippen LogP) is 3.89. The minimum absolute atomic E-state index is 0.0844. The van der Waals surface area contributed by atoms with Crippen molar-refractivity contribution in [2.24, 2.45) is 0 Å². The highest BCUT2D eigenvalue weighted by atomic mass is 16.7. The zero-order chi connectivity index (χ0) is 12.7. The van der Waals surface area contributed by atoms with E-state index in [1.165, 1.54) is 32.1 Å². The van der Waals surface area contributed by atoms with Gasteiger partial charge >= 0.3 is 0 Å². The van der Waals surface area contributed by atoms with E-state index in [2.05, 4.69) is 12.8 Å². The van der Waals surface area contributed by atoms with E-state index in [9.17, 15) is 0 Å². The van der Waals surface area contributed by atoms with Crippen LogP contribution < -0.4 is 0 Å². The average Bonchev–Trinajstić information content (AvgIpc) is 2.54. The van der Waals surface area contributed by atoms with Crippen LogP contribution in [0, 0.1) is 12.3 Å². The van der Waals surface area contributed by atoms with Crippen LogP contribution in [0.5, 0.6) is 0 Å². The molecule has 0 aromatic heterocycles. The molecular formula is C15H26O2. The summed E-state index contributed by atoms with van der Waals surface area (Å²) in [5, 5.41) is 0. The molecule has 1 rings (SSSR count). The van der Waals surface area contributed by atoms with Crippen molar-refractivity contribution >= 4 is 0 Å². The number of hydrogen-bond donors (Lipinski definition) is 0. The monoisotopic (exact) mass is 238 g/mol. The molecule has 1 fully saturated rings. The van der Waals surface area contributed by atoms with E-state index in [0.717, 1.165) is 6.42 Å². The van der Waals surface area contributed by atoms with Crippen molar-refractivity contribution in [3.63, 3.8) is 0 Å². The van der Waals surface area contributed by atoms with Gasteiger partial charge in [0.25, 0.3) is 0 Å². The molecule has 17 heavy (non-hydrogen) atoms. The van der Waals surface area contributed by atoms with Crippen LogP contribution in [0.1, 0.15) is 65.7 Å². The van der Waals surface area contributed by atoms with Gasteiger partial charge in [-0.1, -0.05) is 39.0 Å². The molecule has 2 nitrogen and oxygen atoms in total. The second kappa shape index (κ2) is 7.03. The Hall–Kier alpha value is -0.520. The topological polar surface area (TPSA) is 18.5 Å². The third kappa shape index (κ3) is 5.10. The summed E-state index contributed by atoms with van der Waals surface area (Å²) in [6.07, 6.45) is 13.8. The Morgan fingerprint density at radius 3 is 2.35 bits per heavy atom. The maximum Gasteiger partial charge on any atom is 0.163 e. The number of hydrogen-bond acceptors (Lipinski definition) is 2. The van der Waals surface area contributed by atoms with E-state index < -0.39 is 5.79 Å². The van der Waals surface area contributed by atoms with E-state index in [1.807, 2.05) is 13.8 Å². The summed E-state index contributed by atoms with van der Waals surface area (Å²) in [6, 6.07) is 0. The quantitative estimate of drug-likeness (QED) is 0.495. The first-order chi connectivity index (χ1) is 8.09. The molecule has 2 heteroatoms. The normalized spacial score (nSPS) is 26.9. The highest BCUT2D eigenvalue weighted by Gasteiger charge is 2.40. The minimum atomic E-state index is -0.463. The number of ether oxygens (including phenoxy) is 2. The van der Waals surface area contributed by atoms with Gasteiger partial charge in [-0.15, -0.1) is 12.3 Å². The van der Waals surface area contributed by atoms with Crippen molar-refractivity contribution in [1.82, 2.24) is 0 Å². The summed E-state index contributed by atoms with van der Waals surface area (Å²) in [4.78, 5) is 0. The maximum atomic E-state index is 5.90. The molecule has 0 aromatic rings. The van der Waals surface area contributed by atoms with E-state index in [0.29, 0.717) is 6.42 Å². The zero-order valence-corrected chi connectivity index (χ0v) is 11.5. The van der Waals surface area contributed by atoms with Crippen molar-refractivity contribution in [3.05, 3.63) is 0 Å². The molecule has 0 bridgehead atoms. The molecule has 1 saturated heterocycles. The van der Waals surface area contributed by atoms with Gasteiger partial charge in [0, 0.05) is 6.42 Å². The predicted molar refractivity (Wildman–Crippen MR) is 70.7 cm³/mol. The van der Waals surface area contributed by atoms with Crippen molar-refractivity contribution in [2.75, 3.05) is 0 Å². The molecule has 0 amide bonds. The van der Waals surface area contributed by atoms with Gasteiger partial charge in [0.15, 0.2) is 5.79 Å². The van der Waals surface area contributed by atoms with Crippen LogP contribution in [0.25, 0.3) is 0 Å². The second-order valence-electron chi connectivity index (χ2n) is 5.32. The van der Waals surface area contributed by atoms with Crippen LogP contribution in [0.4, 0.5) is 0 Å². The Kier molecular flexibility index (Phi) is 6.02. The molecule has 98 valence electrons. The first-order valence-electron chi connectivity index (χ1n) is 6.88. The molecule has 2 atom stereocenters. The first-order valence-corrected chi connectivity index (χ1v) is 6.88. The third-order valence-electron chi connectivity index (χ3n) is 3.20. The highest BCUT2D eigenvalue weighted by Crippen LogP contribution is 2.32. The Balaban J connectivity index is 2.28. The van der Waals surface area contributed by atoms with Crippen LogP contribution in [0.3, 0.4) is 0 Å². The molecule has 2 unspecified atom stereocenters. The SMILES string of the molecule is C#CCC1OC(C)(C)OC1CCCCCCC. The van der Waals surface area contributed by atoms with Crippen LogP contribution in [0.15, 0.2) is 0 Å². The van der Waals surface area contributed by atoms with Gasteiger partial charge < -0.3 is 9.47 Å². The van der Waals surface area contributed by atoms with Gasteiger partial charge in [0.1, 0.15) is 0 Å². The van der Waals surface area contributed by atoms with Gasteiger partial charge in [0.05, 0.1) is 12.2 Å². The largest absolute Gasteiger partial charge is 0.345 e. The van der Waals surface area contributed by atoms with Gasteiger partial charge in [-0.05, 0) is 20.3 Å². The molecule has 0 saturated carbocycles. The fourth-order valence-electron chi connectivity index (χ4n) is 2.39. The molecule has 0 N–H and O–H groups in total. The Morgan fingerprint density at radius 1 is 1.06 bits per heavy atom. The Morgan fingerprint density at radius 2 is 1.71 bits per heavy atom. The fraction of sp³-hybridized carbons (Fsp3) is 0.867. The van der Waals surface area contributed by atoms with Crippen molar-refractivity contribution < 1.29 is 9.47 Å². The van der Waals surface area contributed by atoms with Crippen molar-refractivity contribution in [1.29, 1.82) is 0 Å². The minimum Gasteiger partial charge on any atom is -0.345 e. The standard InChI is InChI=1S/C15H26O2/c1-5-7-8-9-10-12-14-13(11-6-2)16-15(3,4)17-14/h2,13-14H,5,7-12H2,1,3-4H3. The molecule has 1 aliphatic heterocycles. The lowest BCUT2D eigenvalue weighted by molar-refractivity contribution is -0.146. The Labute approximate surface area is 106 Å². The van der Waals surface area contributed by atoms with Gasteiger partial charge in [-0.25, -0.2) is 0 Å². The smallest absolute Gasteiger partial charge is 0.163 e. The molecule has 0 aromatic carbocycles. The molecule has 1 aliphatic rings. The first kappa shape index (κ1) is 14.5. The van der Waals surface area contributed by atoms with Crippen LogP contribution in [-0.4, -0.2) is 18.0 Å². The molecule has 0 radical (unpaired) electrons. The lowest BCUT2D eigenvalue weighted by atomic mass is 10.0. The number of unbranched alkanes of at least 4 members (excludes halogenated alkanes) is 4. The lowest BCUT2D eigenvalue weighted by Crippen LogP contribution is -2.21. The summed E-state index contributed by atoms with van der Waals surface area (Å²) in [5.41, 5.74) is 0. The zero-order valence-electron chi connectivity index (χ0n) is 11.5. The average molecular weight is 238 g/mol. The van der Waals surface area contributed by atoms with Crippen molar-refractivity contribution in [3.8, 4) is 12.3 Å². The van der Waals surface area contributed by atoms with E-state index in [1.54, 1.807) is 0 Å². The van der Waals surface area contributed by atoms with Crippen LogP contribution >= 0.6 is 0 Å². The summed E-state index contributed by atoms with van der Waals surface area (Å²) in [6.45, 7) is 6.17. The van der Waals surface area contributed by atoms with E-state index >= 15 is 0 Å². The van der Waals surface area contributed by atoms with Gasteiger partial charge in [0.2, 0.25) is 0 Å². The summed E-state index contributed by atoms with van der Waals surface area (Å²) >= 11 is 0. The van der Waals surface area contributed by atoms with Crippen LogP contribution in [0.2, 0.25) is 0 Å². The van der Waals surface area contributed by atoms with Gasteiger partial charge in [-0.3, -0.25) is 0 Å².